The predicted molar refractivity (Wildman–Crippen MR) is 72.1 cm³/mol. The van der Waals surface area contributed by atoms with Crippen LogP contribution in [0.4, 0.5) is 0 Å². The third-order valence-corrected chi connectivity index (χ3v) is 4.02. The first-order valence-electron chi connectivity index (χ1n) is 5.80. The van der Waals surface area contributed by atoms with Crippen molar-refractivity contribution >= 4 is 11.8 Å². The average Bonchev–Trinajstić information content (AvgIpc) is 2.39. The van der Waals surface area contributed by atoms with Gasteiger partial charge in [0.2, 0.25) is 0 Å². The van der Waals surface area contributed by atoms with E-state index in [1.807, 2.05) is 36.0 Å². The summed E-state index contributed by atoms with van der Waals surface area (Å²) in [6, 6.07) is 8.30. The van der Waals surface area contributed by atoms with Gasteiger partial charge in [-0.25, -0.2) is 0 Å². The molecular formula is C13H18N2OS. The summed E-state index contributed by atoms with van der Waals surface area (Å²) in [6.45, 7) is 3.73. The molecule has 0 radical (unpaired) electrons. The van der Waals surface area contributed by atoms with E-state index < -0.39 is 0 Å². The van der Waals surface area contributed by atoms with Gasteiger partial charge >= 0.3 is 0 Å². The Morgan fingerprint density at radius 1 is 1.59 bits per heavy atom. The molecule has 0 bridgehead atoms. The van der Waals surface area contributed by atoms with Crippen molar-refractivity contribution in [1.29, 1.82) is 0 Å². The number of para-hydroxylation sites is 1. The number of benzene rings is 1. The van der Waals surface area contributed by atoms with Crippen molar-refractivity contribution < 1.29 is 4.74 Å². The monoisotopic (exact) mass is 250 g/mol. The zero-order chi connectivity index (χ0) is 12.1. The Morgan fingerprint density at radius 2 is 2.41 bits per heavy atom. The topological polar surface area (TPSA) is 47.3 Å². The van der Waals surface area contributed by atoms with Crippen LogP contribution in [-0.4, -0.2) is 17.9 Å². The van der Waals surface area contributed by atoms with E-state index >= 15 is 0 Å². The molecule has 2 atom stereocenters. The minimum Gasteiger partial charge on any atom is -0.487 e. The number of hydrogen-bond acceptors (Lipinski definition) is 4. The summed E-state index contributed by atoms with van der Waals surface area (Å²) in [7, 11) is 0. The molecule has 2 unspecified atom stereocenters. The lowest BCUT2D eigenvalue weighted by molar-refractivity contribution is 0.161. The average molecular weight is 250 g/mol. The SMILES string of the molecule is C=CCCC(NN)C1CSc2ccccc2O1. The molecular weight excluding hydrogens is 232 g/mol. The summed E-state index contributed by atoms with van der Waals surface area (Å²) in [4.78, 5) is 1.21. The van der Waals surface area contributed by atoms with Crippen molar-refractivity contribution in [3.8, 4) is 5.75 Å². The fourth-order valence-corrected chi connectivity index (χ4v) is 2.99. The van der Waals surface area contributed by atoms with Gasteiger partial charge in [-0.1, -0.05) is 18.2 Å². The molecule has 0 aromatic heterocycles. The lowest BCUT2D eigenvalue weighted by atomic mass is 10.1. The number of hydrogen-bond donors (Lipinski definition) is 2. The van der Waals surface area contributed by atoms with Gasteiger partial charge < -0.3 is 4.74 Å². The Kier molecular flexibility index (Phi) is 4.48. The molecule has 1 aromatic rings. The van der Waals surface area contributed by atoms with E-state index in [0.717, 1.165) is 24.3 Å². The number of ether oxygens (including phenoxy) is 1. The molecule has 1 heterocycles. The standard InChI is InChI=1S/C13H18N2OS/c1-2-3-6-10(15-14)12-9-17-13-8-5-4-7-11(13)16-12/h2,4-5,7-8,10,12,15H,1,3,6,9,14H2. The highest BCUT2D eigenvalue weighted by Gasteiger charge is 2.26. The molecule has 0 spiro atoms. The predicted octanol–water partition coefficient (Wildman–Crippen LogP) is 2.34. The summed E-state index contributed by atoms with van der Waals surface area (Å²) in [5, 5.41) is 0. The minimum atomic E-state index is 0.125. The summed E-state index contributed by atoms with van der Waals surface area (Å²) >= 11 is 1.83. The smallest absolute Gasteiger partial charge is 0.133 e. The van der Waals surface area contributed by atoms with Gasteiger partial charge in [0, 0.05) is 10.6 Å². The van der Waals surface area contributed by atoms with E-state index in [1.54, 1.807) is 0 Å². The second kappa shape index (κ2) is 6.10. The van der Waals surface area contributed by atoms with Gasteiger partial charge in [-0.15, -0.1) is 18.3 Å². The molecule has 0 saturated carbocycles. The second-order valence-corrected chi connectivity index (χ2v) is 5.12. The van der Waals surface area contributed by atoms with Crippen molar-refractivity contribution in [3.05, 3.63) is 36.9 Å². The number of fused-ring (bicyclic) bond motifs is 1. The first kappa shape index (κ1) is 12.5. The fourth-order valence-electron chi connectivity index (χ4n) is 1.91. The highest BCUT2D eigenvalue weighted by Crippen LogP contribution is 2.36. The highest BCUT2D eigenvalue weighted by atomic mass is 32.2. The van der Waals surface area contributed by atoms with Gasteiger partial charge in [0.05, 0.1) is 6.04 Å². The van der Waals surface area contributed by atoms with E-state index in [1.165, 1.54) is 4.90 Å². The summed E-state index contributed by atoms with van der Waals surface area (Å²) in [5.41, 5.74) is 2.85. The van der Waals surface area contributed by atoms with Gasteiger partial charge in [-0.3, -0.25) is 11.3 Å². The molecule has 2 rings (SSSR count). The first-order valence-corrected chi connectivity index (χ1v) is 6.79. The van der Waals surface area contributed by atoms with Crippen LogP contribution in [0.1, 0.15) is 12.8 Å². The van der Waals surface area contributed by atoms with E-state index in [-0.39, 0.29) is 12.1 Å². The Labute approximate surface area is 106 Å². The van der Waals surface area contributed by atoms with E-state index in [4.69, 9.17) is 10.6 Å². The van der Waals surface area contributed by atoms with Gasteiger partial charge in [0.25, 0.3) is 0 Å². The number of hydrazine groups is 1. The zero-order valence-electron chi connectivity index (χ0n) is 9.76. The molecule has 3 N–H and O–H groups in total. The maximum atomic E-state index is 5.98. The summed E-state index contributed by atoms with van der Waals surface area (Å²) in [5.74, 6) is 7.49. The molecule has 0 amide bonds. The molecule has 1 aromatic carbocycles. The van der Waals surface area contributed by atoms with E-state index in [2.05, 4.69) is 18.1 Å². The highest BCUT2D eigenvalue weighted by molar-refractivity contribution is 7.99. The lowest BCUT2D eigenvalue weighted by Crippen LogP contribution is -2.48. The number of thioether (sulfide) groups is 1. The third kappa shape index (κ3) is 3.03. The van der Waals surface area contributed by atoms with Gasteiger partial charge in [0.15, 0.2) is 0 Å². The Bertz CT molecular complexity index is 383. The molecule has 0 saturated heterocycles. The molecule has 0 fully saturated rings. The Hall–Kier alpha value is -0.970. The normalized spacial score (nSPS) is 20.2. The van der Waals surface area contributed by atoms with Crippen LogP contribution < -0.4 is 16.0 Å². The van der Waals surface area contributed by atoms with E-state index in [0.29, 0.717) is 0 Å². The van der Waals surface area contributed by atoms with Gasteiger partial charge in [-0.2, -0.15) is 0 Å². The number of allylic oxidation sites excluding steroid dienone is 1. The summed E-state index contributed by atoms with van der Waals surface area (Å²) < 4.78 is 5.98. The maximum Gasteiger partial charge on any atom is 0.133 e. The van der Waals surface area contributed by atoms with Crippen LogP contribution in [0.3, 0.4) is 0 Å². The third-order valence-electron chi connectivity index (χ3n) is 2.88. The number of rotatable bonds is 5. The quantitative estimate of drug-likeness (QED) is 0.478. The summed E-state index contributed by atoms with van der Waals surface area (Å²) in [6.07, 6.45) is 3.93. The molecule has 92 valence electrons. The van der Waals surface area contributed by atoms with Crippen molar-refractivity contribution in [2.24, 2.45) is 5.84 Å². The van der Waals surface area contributed by atoms with Crippen molar-refractivity contribution in [2.75, 3.05) is 5.75 Å². The lowest BCUT2D eigenvalue weighted by Gasteiger charge is -2.31. The van der Waals surface area contributed by atoms with Gasteiger partial charge in [0.1, 0.15) is 11.9 Å². The second-order valence-electron chi connectivity index (χ2n) is 4.05. The van der Waals surface area contributed by atoms with Crippen LogP contribution in [0.25, 0.3) is 0 Å². The Balaban J connectivity index is 2.02. The first-order chi connectivity index (χ1) is 8.35. The van der Waals surface area contributed by atoms with Crippen LogP contribution in [0.5, 0.6) is 5.75 Å². The Morgan fingerprint density at radius 3 is 3.18 bits per heavy atom. The molecule has 1 aliphatic heterocycles. The van der Waals surface area contributed by atoms with Crippen molar-refractivity contribution in [1.82, 2.24) is 5.43 Å². The minimum absolute atomic E-state index is 0.125. The molecule has 0 aliphatic carbocycles. The van der Waals surface area contributed by atoms with Crippen molar-refractivity contribution in [3.63, 3.8) is 0 Å². The van der Waals surface area contributed by atoms with Crippen LogP contribution in [0.2, 0.25) is 0 Å². The molecule has 17 heavy (non-hydrogen) atoms. The molecule has 1 aliphatic rings. The van der Waals surface area contributed by atoms with Crippen molar-refractivity contribution in [2.45, 2.75) is 29.9 Å². The molecule has 3 nitrogen and oxygen atoms in total. The fraction of sp³-hybridized carbons (Fsp3) is 0.385. The number of nitrogens with one attached hydrogen (secondary N) is 1. The largest absolute Gasteiger partial charge is 0.487 e. The molecule has 4 heteroatoms. The zero-order valence-corrected chi connectivity index (χ0v) is 10.6. The van der Waals surface area contributed by atoms with E-state index in [9.17, 15) is 0 Å². The van der Waals surface area contributed by atoms with Crippen LogP contribution in [-0.2, 0) is 0 Å². The number of nitrogens with two attached hydrogens (primary N) is 1. The van der Waals surface area contributed by atoms with Gasteiger partial charge in [-0.05, 0) is 25.0 Å². The maximum absolute atomic E-state index is 5.98. The van der Waals surface area contributed by atoms with Crippen LogP contribution in [0, 0.1) is 0 Å². The van der Waals surface area contributed by atoms with Crippen LogP contribution >= 0.6 is 11.8 Å². The van der Waals surface area contributed by atoms with Crippen LogP contribution in [0.15, 0.2) is 41.8 Å².